The Morgan fingerprint density at radius 1 is 1.21 bits per heavy atom. The maximum absolute atomic E-state index is 12.0. The van der Waals surface area contributed by atoms with E-state index in [2.05, 4.69) is 10.1 Å². The van der Waals surface area contributed by atoms with Gasteiger partial charge in [0, 0.05) is 13.0 Å². The fourth-order valence-electron chi connectivity index (χ4n) is 2.30. The molecule has 2 fully saturated rings. The van der Waals surface area contributed by atoms with Crippen LogP contribution in [0.1, 0.15) is 12.8 Å². The smallest absolute Gasteiger partial charge is 0.334 e. The molecule has 0 radical (unpaired) electrons. The fourth-order valence-corrected chi connectivity index (χ4v) is 2.30. The van der Waals surface area contributed by atoms with E-state index in [4.69, 9.17) is 9.47 Å². The summed E-state index contributed by atoms with van der Waals surface area (Å²) in [6.07, 6.45) is 0.831. The number of carbonyl (C=O) groups excluding carboxylic acids is 3. The van der Waals surface area contributed by atoms with E-state index in [-0.39, 0.29) is 12.5 Å². The van der Waals surface area contributed by atoms with Gasteiger partial charge in [0.1, 0.15) is 0 Å². The predicted molar refractivity (Wildman–Crippen MR) is 61.9 cm³/mol. The van der Waals surface area contributed by atoms with Crippen LogP contribution in [0.4, 0.5) is 0 Å². The first kappa shape index (κ1) is 13.8. The van der Waals surface area contributed by atoms with Gasteiger partial charge in [-0.2, -0.15) is 0 Å². The maximum Gasteiger partial charge on any atom is 0.334 e. The zero-order valence-electron chi connectivity index (χ0n) is 10.9. The Morgan fingerprint density at radius 3 is 2.47 bits per heavy atom. The minimum atomic E-state index is -1.12. The van der Waals surface area contributed by atoms with Crippen LogP contribution in [0.5, 0.6) is 0 Å². The van der Waals surface area contributed by atoms with E-state index < -0.39 is 29.3 Å². The van der Waals surface area contributed by atoms with Crippen LogP contribution < -0.4 is 5.32 Å². The number of esters is 2. The molecule has 0 bridgehead atoms. The van der Waals surface area contributed by atoms with Crippen molar-refractivity contribution in [3.63, 3.8) is 0 Å². The third-order valence-corrected chi connectivity index (χ3v) is 3.59. The Hall–Kier alpha value is -1.63. The lowest BCUT2D eigenvalue weighted by Crippen LogP contribution is -2.56. The van der Waals surface area contributed by atoms with Crippen LogP contribution in [0.25, 0.3) is 0 Å². The topological polar surface area (TPSA) is 90.9 Å². The van der Waals surface area contributed by atoms with Gasteiger partial charge in [0.2, 0.25) is 5.91 Å². The van der Waals surface area contributed by atoms with Crippen molar-refractivity contribution in [1.82, 2.24) is 5.32 Å². The molecular formula is C12H17NO6. The van der Waals surface area contributed by atoms with Crippen molar-refractivity contribution < 1.29 is 28.6 Å². The average Bonchev–Trinajstić information content (AvgIpc) is 3.10. The Morgan fingerprint density at radius 2 is 1.95 bits per heavy atom. The number of ether oxygens (including phenoxy) is 3. The lowest BCUT2D eigenvalue weighted by atomic mass is 9.98. The Balaban J connectivity index is 1.98. The molecule has 1 aliphatic heterocycles. The largest absolute Gasteiger partial charge is 0.469 e. The summed E-state index contributed by atoms with van der Waals surface area (Å²) in [6.45, 7) is 0.488. The van der Waals surface area contributed by atoms with Gasteiger partial charge in [-0.15, -0.1) is 0 Å². The summed E-state index contributed by atoms with van der Waals surface area (Å²) in [5.74, 6) is -2.06. The normalized spacial score (nSPS) is 32.5. The highest BCUT2D eigenvalue weighted by molar-refractivity contribution is 5.94. The summed E-state index contributed by atoms with van der Waals surface area (Å²) in [7, 11) is 2.55. The van der Waals surface area contributed by atoms with Crippen LogP contribution >= 0.6 is 0 Å². The van der Waals surface area contributed by atoms with Crippen LogP contribution in [0.15, 0.2) is 0 Å². The van der Waals surface area contributed by atoms with E-state index in [1.54, 1.807) is 0 Å². The number of rotatable bonds is 4. The lowest BCUT2D eigenvalue weighted by molar-refractivity contribution is -0.151. The predicted octanol–water partition coefficient (Wildman–Crippen LogP) is -0.756. The van der Waals surface area contributed by atoms with Crippen molar-refractivity contribution in [2.75, 3.05) is 27.4 Å². The molecule has 7 heteroatoms. The second kappa shape index (κ2) is 5.16. The minimum Gasteiger partial charge on any atom is -0.469 e. The summed E-state index contributed by atoms with van der Waals surface area (Å²) in [5, 5.41) is 2.67. The van der Waals surface area contributed by atoms with Gasteiger partial charge in [0.15, 0.2) is 5.54 Å². The van der Waals surface area contributed by atoms with Gasteiger partial charge in [-0.25, -0.2) is 4.79 Å². The molecule has 1 aliphatic carbocycles. The molecule has 3 atom stereocenters. The first-order chi connectivity index (χ1) is 9.04. The summed E-state index contributed by atoms with van der Waals surface area (Å²) < 4.78 is 14.5. The van der Waals surface area contributed by atoms with Crippen molar-refractivity contribution in [1.29, 1.82) is 0 Å². The molecule has 1 amide bonds. The number of hydrogen-bond acceptors (Lipinski definition) is 6. The number of amides is 1. The number of methoxy groups -OCH3 is 2. The SMILES string of the molecule is COC(=O)[C@H]1C[C@H]1C(=O)NC1(C(=O)OC)CCOC1. The highest BCUT2D eigenvalue weighted by atomic mass is 16.5. The molecule has 106 valence electrons. The lowest BCUT2D eigenvalue weighted by Gasteiger charge is -2.25. The second-order valence-corrected chi connectivity index (χ2v) is 4.84. The highest BCUT2D eigenvalue weighted by Crippen LogP contribution is 2.40. The first-order valence-corrected chi connectivity index (χ1v) is 6.10. The standard InChI is InChI=1S/C12H17NO6/c1-17-10(15)8-5-7(8)9(14)13-12(11(16)18-2)3-4-19-6-12/h7-8H,3-6H2,1-2H3,(H,13,14)/t7-,8+,12?/m1/s1. The molecule has 0 aromatic rings. The zero-order chi connectivity index (χ0) is 14.0. The van der Waals surface area contributed by atoms with Gasteiger partial charge < -0.3 is 19.5 Å². The van der Waals surface area contributed by atoms with Gasteiger partial charge in [0.05, 0.1) is 32.7 Å². The van der Waals surface area contributed by atoms with Gasteiger partial charge in [-0.05, 0) is 6.42 Å². The summed E-state index contributed by atoms with van der Waals surface area (Å²) >= 11 is 0. The molecule has 1 unspecified atom stereocenters. The Kier molecular flexibility index (Phi) is 3.75. The van der Waals surface area contributed by atoms with Gasteiger partial charge in [-0.3, -0.25) is 9.59 Å². The van der Waals surface area contributed by atoms with Crippen molar-refractivity contribution in [2.45, 2.75) is 18.4 Å². The van der Waals surface area contributed by atoms with Gasteiger partial charge in [-0.1, -0.05) is 0 Å². The van der Waals surface area contributed by atoms with E-state index in [1.807, 2.05) is 0 Å². The van der Waals surface area contributed by atoms with E-state index in [1.165, 1.54) is 14.2 Å². The average molecular weight is 271 g/mol. The molecule has 0 aromatic carbocycles. The quantitative estimate of drug-likeness (QED) is 0.676. The van der Waals surface area contributed by atoms with Crippen LogP contribution in [0.3, 0.4) is 0 Å². The van der Waals surface area contributed by atoms with Crippen LogP contribution in [0.2, 0.25) is 0 Å². The van der Waals surface area contributed by atoms with E-state index >= 15 is 0 Å². The molecule has 2 rings (SSSR count). The third-order valence-electron chi connectivity index (χ3n) is 3.59. The third kappa shape index (κ3) is 2.56. The summed E-state index contributed by atoms with van der Waals surface area (Å²) in [5.41, 5.74) is -1.12. The molecule has 19 heavy (non-hydrogen) atoms. The van der Waals surface area contributed by atoms with Crippen molar-refractivity contribution in [2.24, 2.45) is 11.8 Å². The van der Waals surface area contributed by atoms with Gasteiger partial charge in [0.25, 0.3) is 0 Å². The first-order valence-electron chi connectivity index (χ1n) is 6.10. The second-order valence-electron chi connectivity index (χ2n) is 4.84. The molecule has 7 nitrogen and oxygen atoms in total. The van der Waals surface area contributed by atoms with E-state index in [0.717, 1.165) is 0 Å². The molecule has 0 spiro atoms. The summed E-state index contributed by atoms with van der Waals surface area (Å²) in [4.78, 5) is 35.1. The Labute approximate surface area is 110 Å². The molecule has 1 saturated heterocycles. The molecular weight excluding hydrogens is 254 g/mol. The van der Waals surface area contributed by atoms with E-state index in [0.29, 0.717) is 19.4 Å². The molecule has 1 heterocycles. The van der Waals surface area contributed by atoms with E-state index in [9.17, 15) is 14.4 Å². The molecule has 1 saturated carbocycles. The number of hydrogen-bond donors (Lipinski definition) is 1. The molecule has 0 aromatic heterocycles. The van der Waals surface area contributed by atoms with Crippen molar-refractivity contribution in [3.05, 3.63) is 0 Å². The van der Waals surface area contributed by atoms with Crippen LogP contribution in [-0.2, 0) is 28.6 Å². The maximum atomic E-state index is 12.0. The Bertz CT molecular complexity index is 401. The fraction of sp³-hybridized carbons (Fsp3) is 0.750. The van der Waals surface area contributed by atoms with Gasteiger partial charge >= 0.3 is 11.9 Å². The van der Waals surface area contributed by atoms with Crippen molar-refractivity contribution >= 4 is 17.8 Å². The van der Waals surface area contributed by atoms with Crippen LogP contribution in [-0.4, -0.2) is 50.8 Å². The number of carbonyl (C=O) groups is 3. The number of nitrogens with one attached hydrogen (secondary N) is 1. The molecule has 1 N–H and O–H groups in total. The zero-order valence-corrected chi connectivity index (χ0v) is 10.9. The molecule has 2 aliphatic rings. The van der Waals surface area contributed by atoms with Crippen molar-refractivity contribution in [3.8, 4) is 0 Å². The highest BCUT2D eigenvalue weighted by Gasteiger charge is 2.53. The monoisotopic (exact) mass is 271 g/mol. The minimum absolute atomic E-state index is 0.0982. The summed E-state index contributed by atoms with van der Waals surface area (Å²) in [6, 6.07) is 0. The van der Waals surface area contributed by atoms with Crippen LogP contribution in [0, 0.1) is 11.8 Å².